The van der Waals surface area contributed by atoms with E-state index in [1.807, 2.05) is 0 Å². The molecule has 2 aliphatic rings. The lowest BCUT2D eigenvalue weighted by molar-refractivity contribution is -0.0263. The molecule has 2 rings (SSSR count). The molecule has 0 bridgehead atoms. The predicted octanol–water partition coefficient (Wildman–Crippen LogP) is 1.49. The number of nitrogens with one attached hydrogen (secondary N) is 1. The Labute approximate surface area is 99.5 Å². The van der Waals surface area contributed by atoms with Gasteiger partial charge < -0.3 is 10.1 Å². The van der Waals surface area contributed by atoms with Crippen LogP contribution < -0.4 is 5.32 Å². The van der Waals surface area contributed by atoms with Gasteiger partial charge in [0.25, 0.3) is 0 Å². The number of rotatable bonds is 4. The van der Waals surface area contributed by atoms with E-state index in [1.54, 1.807) is 0 Å². The fraction of sp³-hybridized carbons (Fsp3) is 1.00. The maximum Gasteiger partial charge on any atom is 0.0826 e. The number of hydrogen-bond acceptors (Lipinski definition) is 3. The van der Waals surface area contributed by atoms with Crippen molar-refractivity contribution in [1.29, 1.82) is 0 Å². The van der Waals surface area contributed by atoms with Crippen molar-refractivity contribution in [3.63, 3.8) is 0 Å². The van der Waals surface area contributed by atoms with Crippen molar-refractivity contribution in [3.8, 4) is 0 Å². The summed E-state index contributed by atoms with van der Waals surface area (Å²) in [7, 11) is 0. The Hall–Kier alpha value is -0.120. The summed E-state index contributed by atoms with van der Waals surface area (Å²) in [4.78, 5) is 2.48. The number of ether oxygens (including phenoxy) is 1. The van der Waals surface area contributed by atoms with Crippen molar-refractivity contribution in [2.75, 3.05) is 32.8 Å². The van der Waals surface area contributed by atoms with Crippen LogP contribution >= 0.6 is 0 Å². The van der Waals surface area contributed by atoms with E-state index in [0.29, 0.717) is 6.10 Å². The summed E-state index contributed by atoms with van der Waals surface area (Å²) in [6.45, 7) is 9.89. The van der Waals surface area contributed by atoms with Crippen molar-refractivity contribution in [2.45, 2.75) is 45.3 Å². The Bertz CT molecular complexity index is 210. The van der Waals surface area contributed by atoms with Crippen LogP contribution in [0, 0.1) is 5.92 Å². The topological polar surface area (TPSA) is 24.5 Å². The predicted molar refractivity (Wildman–Crippen MR) is 66.7 cm³/mol. The molecule has 1 saturated heterocycles. The first-order chi connectivity index (χ1) is 7.78. The minimum Gasteiger partial charge on any atom is -0.374 e. The fourth-order valence-corrected chi connectivity index (χ4v) is 2.88. The molecule has 94 valence electrons. The van der Waals surface area contributed by atoms with Gasteiger partial charge in [0.2, 0.25) is 0 Å². The highest BCUT2D eigenvalue weighted by Crippen LogP contribution is 2.24. The first kappa shape index (κ1) is 12.3. The zero-order valence-electron chi connectivity index (χ0n) is 10.7. The summed E-state index contributed by atoms with van der Waals surface area (Å²) in [5.74, 6) is 0.914. The smallest absolute Gasteiger partial charge is 0.0826 e. The van der Waals surface area contributed by atoms with Crippen molar-refractivity contribution in [2.24, 2.45) is 5.92 Å². The van der Waals surface area contributed by atoms with Crippen LogP contribution in [0.1, 0.15) is 33.1 Å². The minimum absolute atomic E-state index is 0.407. The maximum absolute atomic E-state index is 5.79. The average Bonchev–Trinajstić information content (AvgIpc) is 2.73. The molecule has 1 aliphatic carbocycles. The molecule has 1 saturated carbocycles. The quantitative estimate of drug-likeness (QED) is 0.786. The maximum atomic E-state index is 5.79. The third-order valence-corrected chi connectivity index (χ3v) is 4.00. The van der Waals surface area contributed by atoms with Crippen LogP contribution in [0.3, 0.4) is 0 Å². The fourth-order valence-electron chi connectivity index (χ4n) is 2.88. The summed E-state index contributed by atoms with van der Waals surface area (Å²) >= 11 is 0. The van der Waals surface area contributed by atoms with E-state index in [0.717, 1.165) is 44.7 Å². The molecule has 1 N–H and O–H groups in total. The third-order valence-electron chi connectivity index (χ3n) is 4.00. The van der Waals surface area contributed by atoms with Gasteiger partial charge in [-0.2, -0.15) is 0 Å². The Balaban J connectivity index is 1.65. The van der Waals surface area contributed by atoms with Crippen molar-refractivity contribution < 1.29 is 4.74 Å². The standard InChI is InChI=1S/C13H26N2O/c1-3-15-6-7-16-13(10-15)9-14-12-5-4-11(2)8-12/h11-14H,3-10H2,1-2H3. The van der Waals surface area contributed by atoms with Gasteiger partial charge in [0.05, 0.1) is 12.7 Å². The Morgan fingerprint density at radius 3 is 2.94 bits per heavy atom. The number of likely N-dealkylation sites (N-methyl/N-ethyl adjacent to an activating group) is 1. The molecule has 2 fully saturated rings. The lowest BCUT2D eigenvalue weighted by Gasteiger charge is -2.32. The molecule has 0 amide bonds. The summed E-state index contributed by atoms with van der Waals surface area (Å²) in [5, 5.41) is 3.67. The number of nitrogens with zero attached hydrogens (tertiary/aromatic N) is 1. The van der Waals surface area contributed by atoms with E-state index >= 15 is 0 Å². The first-order valence-corrected chi connectivity index (χ1v) is 6.85. The largest absolute Gasteiger partial charge is 0.374 e. The molecule has 1 aliphatic heterocycles. The monoisotopic (exact) mass is 226 g/mol. The van der Waals surface area contributed by atoms with Gasteiger partial charge in [-0.15, -0.1) is 0 Å². The van der Waals surface area contributed by atoms with Crippen molar-refractivity contribution in [1.82, 2.24) is 10.2 Å². The molecule has 3 atom stereocenters. The zero-order chi connectivity index (χ0) is 11.4. The Kier molecular flexibility index (Phi) is 4.62. The van der Waals surface area contributed by atoms with E-state index < -0.39 is 0 Å². The van der Waals surface area contributed by atoms with Gasteiger partial charge in [-0.3, -0.25) is 4.90 Å². The van der Waals surface area contributed by atoms with Crippen LogP contribution in [-0.2, 0) is 4.74 Å². The molecule has 0 aromatic carbocycles. The molecular formula is C13H26N2O. The second kappa shape index (κ2) is 5.99. The van der Waals surface area contributed by atoms with Crippen LogP contribution in [0.4, 0.5) is 0 Å². The summed E-state index contributed by atoms with van der Waals surface area (Å²) in [6.07, 6.45) is 4.50. The van der Waals surface area contributed by atoms with Gasteiger partial charge in [0, 0.05) is 25.7 Å². The van der Waals surface area contributed by atoms with Crippen LogP contribution in [0.15, 0.2) is 0 Å². The van der Waals surface area contributed by atoms with Gasteiger partial charge in [-0.05, 0) is 31.7 Å². The van der Waals surface area contributed by atoms with Gasteiger partial charge in [0.1, 0.15) is 0 Å². The second-order valence-electron chi connectivity index (χ2n) is 5.41. The highest BCUT2D eigenvalue weighted by molar-refractivity contribution is 4.81. The lowest BCUT2D eigenvalue weighted by Crippen LogP contribution is -2.47. The highest BCUT2D eigenvalue weighted by atomic mass is 16.5. The van der Waals surface area contributed by atoms with Crippen LogP contribution in [0.25, 0.3) is 0 Å². The van der Waals surface area contributed by atoms with E-state index in [1.165, 1.54) is 19.3 Å². The molecule has 0 aromatic rings. The summed E-state index contributed by atoms with van der Waals surface area (Å²) in [6, 6.07) is 0.746. The van der Waals surface area contributed by atoms with E-state index in [9.17, 15) is 0 Å². The number of hydrogen-bond donors (Lipinski definition) is 1. The van der Waals surface area contributed by atoms with Crippen LogP contribution in [-0.4, -0.2) is 49.8 Å². The van der Waals surface area contributed by atoms with Gasteiger partial charge in [-0.25, -0.2) is 0 Å². The van der Waals surface area contributed by atoms with E-state index in [2.05, 4.69) is 24.1 Å². The molecule has 16 heavy (non-hydrogen) atoms. The Morgan fingerprint density at radius 1 is 1.38 bits per heavy atom. The molecule has 0 radical (unpaired) electrons. The van der Waals surface area contributed by atoms with Crippen molar-refractivity contribution in [3.05, 3.63) is 0 Å². The van der Waals surface area contributed by atoms with Gasteiger partial charge >= 0.3 is 0 Å². The molecule has 3 unspecified atom stereocenters. The minimum atomic E-state index is 0.407. The molecule has 1 heterocycles. The molecule has 3 nitrogen and oxygen atoms in total. The molecule has 3 heteroatoms. The van der Waals surface area contributed by atoms with E-state index in [4.69, 9.17) is 4.74 Å². The van der Waals surface area contributed by atoms with Gasteiger partial charge in [-0.1, -0.05) is 13.8 Å². The average molecular weight is 226 g/mol. The van der Waals surface area contributed by atoms with Crippen LogP contribution in [0.5, 0.6) is 0 Å². The Morgan fingerprint density at radius 2 is 2.25 bits per heavy atom. The summed E-state index contributed by atoms with van der Waals surface area (Å²) in [5.41, 5.74) is 0. The molecule has 0 spiro atoms. The molecular weight excluding hydrogens is 200 g/mol. The number of morpholine rings is 1. The third kappa shape index (κ3) is 3.44. The molecule has 0 aromatic heterocycles. The SMILES string of the molecule is CCN1CCOC(CNC2CCC(C)C2)C1. The van der Waals surface area contributed by atoms with Gasteiger partial charge in [0.15, 0.2) is 0 Å². The lowest BCUT2D eigenvalue weighted by atomic mass is 10.1. The normalized spacial score (nSPS) is 36.8. The second-order valence-corrected chi connectivity index (χ2v) is 5.41. The van der Waals surface area contributed by atoms with Crippen LogP contribution in [0.2, 0.25) is 0 Å². The first-order valence-electron chi connectivity index (χ1n) is 6.85. The van der Waals surface area contributed by atoms with Crippen molar-refractivity contribution >= 4 is 0 Å². The zero-order valence-corrected chi connectivity index (χ0v) is 10.7. The summed E-state index contributed by atoms with van der Waals surface area (Å²) < 4.78 is 5.79. The van der Waals surface area contributed by atoms with E-state index in [-0.39, 0.29) is 0 Å². The highest BCUT2D eigenvalue weighted by Gasteiger charge is 2.23.